The van der Waals surface area contributed by atoms with E-state index in [0.29, 0.717) is 41.1 Å². The molecule has 1 aromatic carbocycles. The van der Waals surface area contributed by atoms with Crippen molar-refractivity contribution < 1.29 is 27.5 Å². The van der Waals surface area contributed by atoms with Crippen molar-refractivity contribution in [1.29, 1.82) is 0 Å². The predicted octanol–water partition coefficient (Wildman–Crippen LogP) is 5.23. The van der Waals surface area contributed by atoms with Crippen LogP contribution in [0.1, 0.15) is 46.4 Å². The van der Waals surface area contributed by atoms with Crippen molar-refractivity contribution >= 4 is 23.1 Å². The molecule has 4 rings (SSSR count). The number of carbonyl (C=O) groups excluding carboxylic acids is 2. The molecule has 2 N–H and O–H groups in total. The van der Waals surface area contributed by atoms with Crippen LogP contribution in [-0.4, -0.2) is 28.8 Å². The molecule has 10 heteroatoms. The van der Waals surface area contributed by atoms with Crippen LogP contribution in [-0.2, 0) is 17.5 Å². The highest BCUT2D eigenvalue weighted by atomic mass is 19.4. The van der Waals surface area contributed by atoms with Crippen LogP contribution >= 0.6 is 0 Å². The van der Waals surface area contributed by atoms with E-state index in [4.69, 9.17) is 4.74 Å². The van der Waals surface area contributed by atoms with Gasteiger partial charge in [-0.25, -0.2) is 0 Å². The molecular formula is C26H25F3N4O3. The van der Waals surface area contributed by atoms with Crippen LogP contribution in [0.3, 0.4) is 0 Å². The van der Waals surface area contributed by atoms with Crippen molar-refractivity contribution in [3.05, 3.63) is 77.4 Å². The Morgan fingerprint density at radius 1 is 1.08 bits per heavy atom. The molecule has 1 fully saturated rings. The molecule has 7 nitrogen and oxygen atoms in total. The van der Waals surface area contributed by atoms with Gasteiger partial charge < -0.3 is 15.4 Å². The van der Waals surface area contributed by atoms with E-state index >= 15 is 0 Å². The number of alkyl halides is 3. The fourth-order valence-corrected chi connectivity index (χ4v) is 3.85. The second-order valence-corrected chi connectivity index (χ2v) is 8.89. The minimum Gasteiger partial charge on any atom is -0.495 e. The summed E-state index contributed by atoms with van der Waals surface area (Å²) in [6, 6.07) is 8.87. The molecule has 0 unspecified atom stereocenters. The molecule has 188 valence electrons. The van der Waals surface area contributed by atoms with Crippen molar-refractivity contribution in [1.82, 2.24) is 15.3 Å². The number of pyridine rings is 2. The van der Waals surface area contributed by atoms with Gasteiger partial charge in [0.2, 0.25) is 5.91 Å². The Hall–Kier alpha value is -3.95. The van der Waals surface area contributed by atoms with Gasteiger partial charge in [0, 0.05) is 18.2 Å². The summed E-state index contributed by atoms with van der Waals surface area (Å²) in [5.74, 6) is 0.0540. The number of nitrogens with zero attached hydrogens (tertiary/aromatic N) is 2. The van der Waals surface area contributed by atoms with Crippen molar-refractivity contribution in [3.63, 3.8) is 0 Å². The van der Waals surface area contributed by atoms with E-state index in [-0.39, 0.29) is 30.3 Å². The summed E-state index contributed by atoms with van der Waals surface area (Å²) in [4.78, 5) is 33.7. The number of nitrogens with one attached hydrogen (secondary N) is 2. The van der Waals surface area contributed by atoms with Crippen molar-refractivity contribution in [2.45, 2.75) is 38.9 Å². The highest BCUT2D eigenvalue weighted by molar-refractivity contribution is 6.00. The summed E-state index contributed by atoms with van der Waals surface area (Å²) in [5, 5.41) is 5.58. The Morgan fingerprint density at radius 3 is 2.50 bits per heavy atom. The van der Waals surface area contributed by atoms with Crippen LogP contribution in [0.25, 0.3) is 0 Å². The normalized spacial score (nSPS) is 14.1. The van der Waals surface area contributed by atoms with E-state index in [1.165, 1.54) is 31.8 Å². The lowest BCUT2D eigenvalue weighted by Crippen LogP contribution is -2.33. The van der Waals surface area contributed by atoms with Gasteiger partial charge in [-0.1, -0.05) is 11.6 Å². The Balaban J connectivity index is 1.35. The Labute approximate surface area is 206 Å². The Bertz CT molecular complexity index is 1270. The molecule has 0 aliphatic heterocycles. The number of aromatic nitrogens is 2. The summed E-state index contributed by atoms with van der Waals surface area (Å²) in [7, 11) is 1.49. The standard InChI is InChI=1S/C26H25F3N4O3/c1-16-3-6-22(21(9-16)26(27,28)29)33-19-5-4-18(31-14-19)13-32-24(35)25(7-8-25)11-23(34)17-10-20(36-2)15-30-12-17/h3-6,9-10,12,14-15,33H,7-8,11,13H2,1-2H3,(H,32,35). The van der Waals surface area contributed by atoms with Gasteiger partial charge in [-0.3, -0.25) is 19.6 Å². The summed E-state index contributed by atoms with van der Waals surface area (Å²) < 4.78 is 45.2. The molecule has 2 heterocycles. The van der Waals surface area contributed by atoms with Crippen LogP contribution < -0.4 is 15.4 Å². The first-order valence-electron chi connectivity index (χ1n) is 11.3. The monoisotopic (exact) mass is 498 g/mol. The van der Waals surface area contributed by atoms with Crippen LogP contribution in [0.15, 0.2) is 55.0 Å². The topological polar surface area (TPSA) is 93.2 Å². The summed E-state index contributed by atoms with van der Waals surface area (Å²) in [5.41, 5.74) is 0.243. The summed E-state index contributed by atoms with van der Waals surface area (Å²) >= 11 is 0. The maximum atomic E-state index is 13.4. The number of amides is 1. The number of ketones is 1. The fraction of sp³-hybridized carbons (Fsp3) is 0.308. The lowest BCUT2D eigenvalue weighted by atomic mass is 9.95. The zero-order chi connectivity index (χ0) is 25.9. The molecule has 0 radical (unpaired) electrons. The van der Waals surface area contributed by atoms with Gasteiger partial charge in [0.15, 0.2) is 5.78 Å². The minimum absolute atomic E-state index is 0.0671. The molecule has 1 amide bonds. The zero-order valence-corrected chi connectivity index (χ0v) is 19.8. The highest BCUT2D eigenvalue weighted by Crippen LogP contribution is 2.49. The van der Waals surface area contributed by atoms with Crippen LogP contribution in [0.5, 0.6) is 5.75 Å². The van der Waals surface area contributed by atoms with E-state index in [1.807, 2.05) is 0 Å². The van der Waals surface area contributed by atoms with Gasteiger partial charge in [0.05, 0.1) is 54.1 Å². The molecular weight excluding hydrogens is 473 g/mol. The SMILES string of the molecule is COc1cncc(C(=O)CC2(C(=O)NCc3ccc(Nc4ccc(C)cc4C(F)(F)F)cn3)CC2)c1. The quantitative estimate of drug-likeness (QED) is 0.393. The smallest absolute Gasteiger partial charge is 0.418 e. The number of Topliss-reactive ketones (excluding diaryl/α,β-unsaturated/α-hetero) is 1. The number of rotatable bonds is 9. The number of hydrogen-bond donors (Lipinski definition) is 2. The molecule has 0 spiro atoms. The number of methoxy groups -OCH3 is 1. The molecule has 1 aliphatic rings. The molecule has 1 saturated carbocycles. The largest absolute Gasteiger partial charge is 0.495 e. The van der Waals surface area contributed by atoms with Crippen molar-refractivity contribution in [2.24, 2.45) is 5.41 Å². The van der Waals surface area contributed by atoms with Gasteiger partial charge >= 0.3 is 6.18 Å². The van der Waals surface area contributed by atoms with Crippen LogP contribution in [0.4, 0.5) is 24.5 Å². The van der Waals surface area contributed by atoms with Gasteiger partial charge in [-0.05, 0) is 50.1 Å². The highest BCUT2D eigenvalue weighted by Gasteiger charge is 2.51. The van der Waals surface area contributed by atoms with Gasteiger partial charge in [0.1, 0.15) is 5.75 Å². The van der Waals surface area contributed by atoms with Gasteiger partial charge in [-0.15, -0.1) is 0 Å². The number of hydrogen-bond acceptors (Lipinski definition) is 6. The number of anilines is 2. The average molecular weight is 499 g/mol. The summed E-state index contributed by atoms with van der Waals surface area (Å²) in [6.45, 7) is 1.73. The molecule has 3 aromatic rings. The molecule has 0 atom stereocenters. The number of ether oxygens (including phenoxy) is 1. The zero-order valence-electron chi connectivity index (χ0n) is 19.8. The fourth-order valence-electron chi connectivity index (χ4n) is 3.85. The van der Waals surface area contributed by atoms with Gasteiger partial charge in [-0.2, -0.15) is 13.2 Å². The molecule has 1 aliphatic carbocycles. The molecule has 36 heavy (non-hydrogen) atoms. The van der Waals surface area contributed by atoms with E-state index in [2.05, 4.69) is 20.6 Å². The van der Waals surface area contributed by atoms with Crippen molar-refractivity contribution in [2.75, 3.05) is 12.4 Å². The molecule has 0 saturated heterocycles. The first-order chi connectivity index (χ1) is 17.1. The number of aryl methyl sites for hydroxylation is 1. The predicted molar refractivity (Wildman–Crippen MR) is 127 cm³/mol. The second kappa shape index (κ2) is 9.96. The minimum atomic E-state index is -4.49. The third kappa shape index (κ3) is 5.81. The average Bonchev–Trinajstić information content (AvgIpc) is 3.64. The second-order valence-electron chi connectivity index (χ2n) is 8.89. The van der Waals surface area contributed by atoms with Crippen molar-refractivity contribution in [3.8, 4) is 5.75 Å². The molecule has 0 bridgehead atoms. The number of halogens is 3. The van der Waals surface area contributed by atoms with E-state index in [9.17, 15) is 22.8 Å². The Kier molecular flexibility index (Phi) is 6.96. The van der Waals surface area contributed by atoms with E-state index in [0.717, 1.165) is 6.07 Å². The van der Waals surface area contributed by atoms with Gasteiger partial charge in [0.25, 0.3) is 0 Å². The summed E-state index contributed by atoms with van der Waals surface area (Å²) in [6.07, 6.45) is 1.16. The Morgan fingerprint density at radius 2 is 1.86 bits per heavy atom. The lowest BCUT2D eigenvalue weighted by molar-refractivity contribution is -0.137. The lowest BCUT2D eigenvalue weighted by Gasteiger charge is -2.16. The first kappa shape index (κ1) is 25.2. The maximum absolute atomic E-state index is 13.4. The first-order valence-corrected chi connectivity index (χ1v) is 11.3. The van der Waals surface area contributed by atoms with Crippen LogP contribution in [0, 0.1) is 12.3 Å². The number of benzene rings is 1. The number of carbonyl (C=O) groups is 2. The third-order valence-corrected chi connectivity index (χ3v) is 6.12. The molecule has 2 aromatic heterocycles. The maximum Gasteiger partial charge on any atom is 0.418 e. The van der Waals surface area contributed by atoms with E-state index < -0.39 is 17.2 Å². The van der Waals surface area contributed by atoms with Crippen LogP contribution in [0.2, 0.25) is 0 Å². The third-order valence-electron chi connectivity index (χ3n) is 6.12. The van der Waals surface area contributed by atoms with E-state index in [1.54, 1.807) is 31.2 Å².